The van der Waals surface area contributed by atoms with Gasteiger partial charge >= 0.3 is 0 Å². The van der Waals surface area contributed by atoms with E-state index in [1.165, 1.54) is 38.5 Å². The van der Waals surface area contributed by atoms with E-state index in [4.69, 9.17) is 9.47 Å². The van der Waals surface area contributed by atoms with E-state index < -0.39 is 25.1 Å². The monoisotopic (exact) mass is 586 g/mol. The lowest BCUT2D eigenvalue weighted by molar-refractivity contribution is 0.415. The summed E-state index contributed by atoms with van der Waals surface area (Å²) in [5, 5.41) is 27.2. The first-order chi connectivity index (χ1) is 18.8. The number of benzene rings is 4. The second-order valence-electron chi connectivity index (χ2n) is 8.28. The highest BCUT2D eigenvalue weighted by molar-refractivity contribution is 7.86. The molecule has 0 saturated heterocycles. The summed E-state index contributed by atoms with van der Waals surface area (Å²) in [7, 11) is -6.39. The maximum atomic E-state index is 12.0. The van der Waals surface area contributed by atoms with Crippen molar-refractivity contribution in [2.45, 2.75) is 16.7 Å². The molecule has 0 spiro atoms. The first kappa shape index (κ1) is 28.6. The molecule has 208 valence electrons. The lowest BCUT2D eigenvalue weighted by atomic mass is 10.1. The molecule has 15 heteroatoms. The largest absolute Gasteiger partial charge is 0.505 e. The molecule has 4 aromatic carbocycles. The number of aryl methyl sites for hydroxylation is 1. The number of methoxy groups -OCH3 is 2. The minimum Gasteiger partial charge on any atom is -0.505 e. The number of aromatic hydroxyl groups is 1. The van der Waals surface area contributed by atoms with Crippen LogP contribution in [0.25, 0.3) is 10.8 Å². The van der Waals surface area contributed by atoms with E-state index in [0.717, 1.165) is 18.2 Å². The van der Waals surface area contributed by atoms with Crippen molar-refractivity contribution in [1.29, 1.82) is 0 Å². The average molecular weight is 587 g/mol. The number of rotatable bonds is 8. The zero-order valence-electron chi connectivity index (χ0n) is 21.2. The number of phenolic OH excluding ortho intramolecular Hbond substituents is 1. The second kappa shape index (κ2) is 11.0. The SMILES string of the molecule is COc1ccc(S(=O)(=O)O)cc1N=Nc1cc(OC)c(N=Nc2cc(S(=O)(=O)O)c3ccccc3c2O)cc1C. The summed E-state index contributed by atoms with van der Waals surface area (Å²) in [6, 6.07) is 13.7. The molecular formula is C25H22N4O9S2. The van der Waals surface area contributed by atoms with Crippen molar-refractivity contribution < 1.29 is 40.5 Å². The van der Waals surface area contributed by atoms with Crippen LogP contribution in [0.4, 0.5) is 22.7 Å². The molecule has 40 heavy (non-hydrogen) atoms. The average Bonchev–Trinajstić information content (AvgIpc) is 2.90. The fourth-order valence-electron chi connectivity index (χ4n) is 3.74. The van der Waals surface area contributed by atoms with Crippen LogP contribution in [0.15, 0.2) is 90.9 Å². The molecule has 0 aliphatic heterocycles. The second-order valence-corrected chi connectivity index (χ2v) is 11.1. The van der Waals surface area contributed by atoms with Gasteiger partial charge in [-0.15, -0.1) is 15.3 Å². The van der Waals surface area contributed by atoms with Gasteiger partial charge in [0.05, 0.1) is 24.8 Å². The fraction of sp³-hybridized carbons (Fsp3) is 0.120. The summed E-state index contributed by atoms with van der Waals surface area (Å²) in [6.45, 7) is 1.68. The van der Waals surface area contributed by atoms with E-state index in [0.29, 0.717) is 11.3 Å². The molecule has 3 N–H and O–H groups in total. The Balaban J connectivity index is 1.74. The summed E-state index contributed by atoms with van der Waals surface area (Å²) >= 11 is 0. The quantitative estimate of drug-likeness (QED) is 0.159. The Labute approximate surface area is 228 Å². The third-order valence-corrected chi connectivity index (χ3v) is 7.46. The van der Waals surface area contributed by atoms with Gasteiger partial charge in [0.15, 0.2) is 5.75 Å². The van der Waals surface area contributed by atoms with Crippen LogP contribution in [-0.4, -0.2) is 45.3 Å². The van der Waals surface area contributed by atoms with Gasteiger partial charge in [0.25, 0.3) is 20.2 Å². The van der Waals surface area contributed by atoms with Crippen LogP contribution >= 0.6 is 0 Å². The van der Waals surface area contributed by atoms with Crippen molar-refractivity contribution in [3.8, 4) is 17.2 Å². The van der Waals surface area contributed by atoms with Gasteiger partial charge in [-0.1, -0.05) is 24.3 Å². The molecule has 0 amide bonds. The Morgan fingerprint density at radius 1 is 0.650 bits per heavy atom. The van der Waals surface area contributed by atoms with Crippen LogP contribution in [0.5, 0.6) is 17.2 Å². The molecule has 0 fully saturated rings. The molecule has 0 atom stereocenters. The maximum absolute atomic E-state index is 12.0. The number of nitrogens with zero attached hydrogens (tertiary/aromatic N) is 4. The highest BCUT2D eigenvalue weighted by Crippen LogP contribution is 2.42. The van der Waals surface area contributed by atoms with Gasteiger partial charge in [-0.3, -0.25) is 9.11 Å². The predicted octanol–water partition coefficient (Wildman–Crippen LogP) is 6.20. The zero-order valence-corrected chi connectivity index (χ0v) is 22.8. The number of hydrogen-bond acceptors (Lipinski definition) is 11. The highest BCUT2D eigenvalue weighted by Gasteiger charge is 2.20. The van der Waals surface area contributed by atoms with Crippen molar-refractivity contribution in [1.82, 2.24) is 0 Å². The molecule has 0 radical (unpaired) electrons. The van der Waals surface area contributed by atoms with Crippen LogP contribution in [0.1, 0.15) is 5.56 Å². The number of phenols is 1. The van der Waals surface area contributed by atoms with Crippen molar-refractivity contribution in [3.63, 3.8) is 0 Å². The van der Waals surface area contributed by atoms with Crippen molar-refractivity contribution >= 4 is 53.8 Å². The maximum Gasteiger partial charge on any atom is 0.295 e. The van der Waals surface area contributed by atoms with Crippen molar-refractivity contribution in [2.24, 2.45) is 20.5 Å². The Morgan fingerprint density at radius 3 is 1.82 bits per heavy atom. The summed E-state index contributed by atoms with van der Waals surface area (Å²) in [5.74, 6) is 0.0665. The summed E-state index contributed by atoms with van der Waals surface area (Å²) < 4.78 is 76.5. The van der Waals surface area contributed by atoms with E-state index in [9.17, 15) is 31.0 Å². The third-order valence-electron chi connectivity index (χ3n) is 5.71. The van der Waals surface area contributed by atoms with E-state index in [2.05, 4.69) is 20.5 Å². The lowest BCUT2D eigenvalue weighted by Crippen LogP contribution is -1.99. The molecule has 13 nitrogen and oxygen atoms in total. The zero-order chi connectivity index (χ0) is 29.2. The normalized spacial score (nSPS) is 12.4. The molecule has 0 bridgehead atoms. The van der Waals surface area contributed by atoms with E-state index >= 15 is 0 Å². The number of hydrogen-bond donors (Lipinski definition) is 3. The first-order valence-electron chi connectivity index (χ1n) is 11.2. The molecule has 0 saturated carbocycles. The first-order valence-corrected chi connectivity index (χ1v) is 14.1. The smallest absolute Gasteiger partial charge is 0.295 e. The Hall–Kier alpha value is -4.44. The van der Waals surface area contributed by atoms with Gasteiger partial charge < -0.3 is 14.6 Å². The van der Waals surface area contributed by atoms with Gasteiger partial charge in [-0.2, -0.15) is 21.9 Å². The summed E-state index contributed by atoms with van der Waals surface area (Å²) in [5.41, 5.74) is 0.898. The molecule has 0 aliphatic carbocycles. The molecule has 0 aliphatic rings. The topological polar surface area (TPSA) is 197 Å². The van der Waals surface area contributed by atoms with Crippen LogP contribution < -0.4 is 9.47 Å². The lowest BCUT2D eigenvalue weighted by Gasteiger charge is -2.10. The molecular weight excluding hydrogens is 564 g/mol. The van der Waals surface area contributed by atoms with Crippen molar-refractivity contribution in [3.05, 3.63) is 66.2 Å². The van der Waals surface area contributed by atoms with E-state index in [-0.39, 0.29) is 50.0 Å². The van der Waals surface area contributed by atoms with Crippen molar-refractivity contribution in [2.75, 3.05) is 14.2 Å². The molecule has 0 heterocycles. The van der Waals surface area contributed by atoms with Crippen LogP contribution in [0, 0.1) is 6.92 Å². The fourth-order valence-corrected chi connectivity index (χ4v) is 4.95. The molecule has 0 aromatic heterocycles. The van der Waals surface area contributed by atoms with Crippen LogP contribution in [0.3, 0.4) is 0 Å². The van der Waals surface area contributed by atoms with Gasteiger partial charge in [0.2, 0.25) is 0 Å². The van der Waals surface area contributed by atoms with Crippen LogP contribution in [-0.2, 0) is 20.2 Å². The Morgan fingerprint density at radius 2 is 1.23 bits per heavy atom. The summed E-state index contributed by atoms with van der Waals surface area (Å²) in [4.78, 5) is -0.830. The molecule has 4 rings (SSSR count). The number of fused-ring (bicyclic) bond motifs is 1. The van der Waals surface area contributed by atoms with Gasteiger partial charge in [0.1, 0.15) is 33.5 Å². The standard InChI is InChI=1S/C25H22N4O9S2/c1-14-10-19(27-29-21-13-24(40(34,35)36)16-6-4-5-7-17(16)25(21)30)23(38-3)12-18(14)26-28-20-11-15(39(31,32)33)8-9-22(20)37-2/h4-13,30H,1-3H3,(H,31,32,33)(H,34,35,36). The van der Waals surface area contributed by atoms with Gasteiger partial charge in [0, 0.05) is 16.8 Å². The molecule has 4 aromatic rings. The number of ether oxygens (including phenoxy) is 2. The van der Waals surface area contributed by atoms with E-state index in [1.807, 2.05) is 0 Å². The van der Waals surface area contributed by atoms with Gasteiger partial charge in [-0.05, 0) is 42.8 Å². The predicted molar refractivity (Wildman–Crippen MR) is 144 cm³/mol. The minimum absolute atomic E-state index is 0.0428. The summed E-state index contributed by atoms with van der Waals surface area (Å²) in [6.07, 6.45) is 0. The third kappa shape index (κ3) is 5.91. The Bertz CT molecular complexity index is 1910. The highest BCUT2D eigenvalue weighted by atomic mass is 32.2. The number of azo groups is 2. The Kier molecular flexibility index (Phi) is 7.84. The molecule has 0 unspecified atom stereocenters. The van der Waals surface area contributed by atoms with E-state index in [1.54, 1.807) is 25.1 Å². The van der Waals surface area contributed by atoms with Gasteiger partial charge in [-0.25, -0.2) is 0 Å². The minimum atomic E-state index is -4.64. The van der Waals surface area contributed by atoms with Crippen LogP contribution in [0.2, 0.25) is 0 Å².